The van der Waals surface area contributed by atoms with Gasteiger partial charge < -0.3 is 4.52 Å². The van der Waals surface area contributed by atoms with Crippen molar-refractivity contribution >= 4 is 15.7 Å². The number of aryl methyl sites for hydroxylation is 2. The van der Waals surface area contributed by atoms with Gasteiger partial charge in [0.1, 0.15) is 11.6 Å². The largest absolute Gasteiger partial charge is 0.356 e. The molecule has 0 unspecified atom stereocenters. The predicted octanol–water partition coefficient (Wildman–Crippen LogP) is 4.35. The van der Waals surface area contributed by atoms with Gasteiger partial charge in [-0.2, -0.15) is 0 Å². The molecule has 2 aromatic carbocycles. The molecule has 26 heavy (non-hydrogen) atoms. The second kappa shape index (κ2) is 6.53. The smallest absolute Gasteiger partial charge is 0.262 e. The molecule has 1 heterocycles. The number of hydrogen-bond donors (Lipinski definition) is 1. The molecule has 3 rings (SSSR count). The summed E-state index contributed by atoms with van der Waals surface area (Å²) in [7, 11) is -4.09. The molecule has 3 aromatic rings. The van der Waals surface area contributed by atoms with E-state index in [0.717, 1.165) is 17.7 Å². The van der Waals surface area contributed by atoms with Crippen LogP contribution in [0.5, 0.6) is 0 Å². The van der Waals surface area contributed by atoms with Crippen LogP contribution in [0, 0.1) is 32.4 Å². The van der Waals surface area contributed by atoms with Crippen LogP contribution < -0.4 is 4.72 Å². The van der Waals surface area contributed by atoms with Crippen LogP contribution in [0.15, 0.2) is 45.8 Å². The summed E-state index contributed by atoms with van der Waals surface area (Å²) in [4.78, 5) is -0.0350. The monoisotopic (exact) mass is 378 g/mol. The molecule has 0 saturated carbocycles. The quantitative estimate of drug-likeness (QED) is 0.733. The number of anilines is 1. The zero-order valence-corrected chi connectivity index (χ0v) is 15.1. The topological polar surface area (TPSA) is 72.2 Å². The van der Waals surface area contributed by atoms with E-state index in [9.17, 15) is 17.2 Å². The maximum Gasteiger partial charge on any atom is 0.262 e. The van der Waals surface area contributed by atoms with Crippen LogP contribution in [0.25, 0.3) is 11.3 Å². The summed E-state index contributed by atoms with van der Waals surface area (Å²) < 4.78 is 59.7. The van der Waals surface area contributed by atoms with E-state index in [1.54, 1.807) is 26.0 Å². The summed E-state index contributed by atoms with van der Waals surface area (Å²) in [5, 5.41) is 3.87. The molecule has 0 fully saturated rings. The number of nitrogens with one attached hydrogen (secondary N) is 1. The zero-order valence-electron chi connectivity index (χ0n) is 14.3. The Morgan fingerprint density at radius 3 is 2.38 bits per heavy atom. The maximum atomic E-state index is 13.8. The van der Waals surface area contributed by atoms with Crippen LogP contribution in [0.4, 0.5) is 14.5 Å². The van der Waals surface area contributed by atoms with Crippen molar-refractivity contribution in [3.8, 4) is 11.3 Å². The summed E-state index contributed by atoms with van der Waals surface area (Å²) >= 11 is 0. The SMILES string of the molecule is Cc1ccc(-c2onc(C)c2C)cc1S(=O)(=O)Nc1ccc(F)cc1F. The van der Waals surface area contributed by atoms with Crippen molar-refractivity contribution in [1.29, 1.82) is 0 Å². The Bertz CT molecular complexity index is 1090. The van der Waals surface area contributed by atoms with Crippen molar-refractivity contribution in [2.75, 3.05) is 4.72 Å². The van der Waals surface area contributed by atoms with E-state index in [4.69, 9.17) is 4.52 Å². The highest BCUT2D eigenvalue weighted by Crippen LogP contribution is 2.30. The van der Waals surface area contributed by atoms with E-state index in [1.165, 1.54) is 6.07 Å². The van der Waals surface area contributed by atoms with E-state index in [1.807, 2.05) is 6.92 Å². The lowest BCUT2D eigenvalue weighted by atomic mass is 10.1. The second-order valence-corrected chi connectivity index (χ2v) is 7.58. The molecule has 0 aliphatic heterocycles. The Morgan fingerprint density at radius 1 is 1.04 bits per heavy atom. The summed E-state index contributed by atoms with van der Waals surface area (Å²) in [6, 6.07) is 7.41. The summed E-state index contributed by atoms with van der Waals surface area (Å²) in [6.07, 6.45) is 0. The Hall–Kier alpha value is -2.74. The van der Waals surface area contributed by atoms with Crippen LogP contribution in [0.1, 0.15) is 16.8 Å². The van der Waals surface area contributed by atoms with E-state index < -0.39 is 21.7 Å². The van der Waals surface area contributed by atoms with Crippen molar-refractivity contribution in [3.63, 3.8) is 0 Å². The number of nitrogens with zero attached hydrogens (tertiary/aromatic N) is 1. The van der Waals surface area contributed by atoms with E-state index in [-0.39, 0.29) is 10.6 Å². The van der Waals surface area contributed by atoms with Gasteiger partial charge in [-0.25, -0.2) is 17.2 Å². The molecule has 0 spiro atoms. The van der Waals surface area contributed by atoms with Gasteiger partial charge in [0.25, 0.3) is 10.0 Å². The lowest BCUT2D eigenvalue weighted by Crippen LogP contribution is -2.15. The number of benzene rings is 2. The molecule has 1 N–H and O–H groups in total. The minimum Gasteiger partial charge on any atom is -0.356 e. The maximum absolute atomic E-state index is 13.8. The normalized spacial score (nSPS) is 11.6. The third kappa shape index (κ3) is 3.32. The molecule has 0 amide bonds. The summed E-state index contributed by atoms with van der Waals surface area (Å²) in [6.45, 7) is 5.23. The van der Waals surface area contributed by atoms with Gasteiger partial charge in [0, 0.05) is 17.2 Å². The third-order valence-corrected chi connectivity index (χ3v) is 5.58. The van der Waals surface area contributed by atoms with Crippen LogP contribution in [-0.4, -0.2) is 13.6 Å². The number of sulfonamides is 1. The van der Waals surface area contributed by atoms with E-state index in [2.05, 4.69) is 9.88 Å². The van der Waals surface area contributed by atoms with Crippen molar-refractivity contribution < 1.29 is 21.7 Å². The fourth-order valence-electron chi connectivity index (χ4n) is 2.49. The number of hydrogen-bond acceptors (Lipinski definition) is 4. The zero-order chi connectivity index (χ0) is 19.1. The average molecular weight is 378 g/mol. The van der Waals surface area contributed by atoms with Crippen molar-refractivity contribution in [3.05, 3.63) is 64.9 Å². The highest BCUT2D eigenvalue weighted by molar-refractivity contribution is 7.92. The Morgan fingerprint density at radius 2 is 1.77 bits per heavy atom. The van der Waals surface area contributed by atoms with Crippen LogP contribution in [-0.2, 0) is 10.0 Å². The summed E-state index contributed by atoms with van der Waals surface area (Å²) in [5.74, 6) is -1.32. The molecule has 1 aromatic heterocycles. The Balaban J connectivity index is 2.04. The minimum absolute atomic E-state index is 0.0350. The Labute approximate surface area is 149 Å². The lowest BCUT2D eigenvalue weighted by Gasteiger charge is -2.12. The number of rotatable bonds is 4. The van der Waals surface area contributed by atoms with Gasteiger partial charge in [-0.05, 0) is 44.5 Å². The first-order chi connectivity index (χ1) is 12.2. The fraction of sp³-hybridized carbons (Fsp3) is 0.167. The predicted molar refractivity (Wildman–Crippen MR) is 93.3 cm³/mol. The molecule has 0 atom stereocenters. The molecule has 8 heteroatoms. The van der Waals surface area contributed by atoms with Crippen LogP contribution in [0.3, 0.4) is 0 Å². The van der Waals surface area contributed by atoms with Crippen molar-refractivity contribution in [2.24, 2.45) is 0 Å². The Kier molecular flexibility index (Phi) is 4.53. The average Bonchev–Trinajstić information content (AvgIpc) is 2.90. The van der Waals surface area contributed by atoms with Gasteiger partial charge >= 0.3 is 0 Å². The lowest BCUT2D eigenvalue weighted by molar-refractivity contribution is 0.426. The highest BCUT2D eigenvalue weighted by Gasteiger charge is 2.21. The third-order valence-electron chi connectivity index (χ3n) is 4.07. The standard InChI is InChI=1S/C18H16F2N2O3S/c1-10-4-5-13(18-11(2)12(3)21-25-18)8-17(10)26(23,24)22-16-7-6-14(19)9-15(16)20/h4-9,22H,1-3H3. The van der Waals surface area contributed by atoms with Gasteiger partial charge in [0.15, 0.2) is 5.76 Å². The van der Waals surface area contributed by atoms with Crippen molar-refractivity contribution in [2.45, 2.75) is 25.7 Å². The van der Waals surface area contributed by atoms with Crippen molar-refractivity contribution in [1.82, 2.24) is 5.16 Å². The first-order valence-electron chi connectivity index (χ1n) is 7.71. The molecule has 0 saturated heterocycles. The van der Waals surface area contributed by atoms with Gasteiger partial charge in [0.05, 0.1) is 16.3 Å². The molecule has 0 radical (unpaired) electrons. The first-order valence-corrected chi connectivity index (χ1v) is 9.19. The number of aromatic nitrogens is 1. The van der Waals surface area contributed by atoms with E-state index in [0.29, 0.717) is 28.6 Å². The van der Waals surface area contributed by atoms with E-state index >= 15 is 0 Å². The molecule has 136 valence electrons. The second-order valence-electron chi connectivity index (χ2n) is 5.93. The molecular formula is C18H16F2N2O3S. The summed E-state index contributed by atoms with van der Waals surface area (Å²) in [5.41, 5.74) is 2.18. The molecular weight excluding hydrogens is 362 g/mol. The fourth-order valence-corrected chi connectivity index (χ4v) is 3.83. The highest BCUT2D eigenvalue weighted by atomic mass is 32.2. The molecule has 5 nitrogen and oxygen atoms in total. The minimum atomic E-state index is -4.09. The van der Waals surface area contributed by atoms with Gasteiger partial charge in [-0.3, -0.25) is 4.72 Å². The first kappa shape index (κ1) is 18.1. The molecule has 0 aliphatic rings. The van der Waals surface area contributed by atoms with Crippen LogP contribution in [0.2, 0.25) is 0 Å². The van der Waals surface area contributed by atoms with Gasteiger partial charge in [-0.15, -0.1) is 0 Å². The molecule has 0 bridgehead atoms. The van der Waals surface area contributed by atoms with Crippen LogP contribution >= 0.6 is 0 Å². The van der Waals surface area contributed by atoms with Gasteiger partial charge in [-0.1, -0.05) is 17.3 Å². The molecule has 0 aliphatic carbocycles. The number of halogens is 2. The van der Waals surface area contributed by atoms with Gasteiger partial charge in [0.2, 0.25) is 0 Å².